The molecule has 0 bridgehead atoms. The molecule has 1 aliphatic rings. The largest absolute Gasteiger partial charge is 0.455 e. The van der Waals surface area contributed by atoms with Crippen LogP contribution in [0.4, 0.5) is 0 Å². The Hall–Kier alpha value is -8.40. The van der Waals surface area contributed by atoms with Crippen LogP contribution in [-0.4, -0.2) is 9.97 Å². The van der Waals surface area contributed by atoms with Gasteiger partial charge in [0.15, 0.2) is 5.82 Å². The third kappa shape index (κ3) is 5.97. The number of hydrogen-bond acceptors (Lipinski definition) is 3. The molecule has 0 saturated carbocycles. The lowest BCUT2D eigenvalue weighted by Gasteiger charge is -2.22. The van der Waals surface area contributed by atoms with Crippen molar-refractivity contribution in [2.75, 3.05) is 0 Å². The second kappa shape index (κ2) is 14.8. The molecule has 0 amide bonds. The van der Waals surface area contributed by atoms with E-state index in [1.165, 1.54) is 49.5 Å². The number of furan rings is 1. The summed E-state index contributed by atoms with van der Waals surface area (Å²) >= 11 is 0. The van der Waals surface area contributed by atoms with Crippen molar-refractivity contribution < 1.29 is 4.42 Å². The maximum atomic E-state index is 6.42. The highest BCUT2D eigenvalue weighted by Crippen LogP contribution is 2.54. The van der Waals surface area contributed by atoms with E-state index in [2.05, 4.69) is 214 Å². The van der Waals surface area contributed by atoms with Crippen LogP contribution < -0.4 is 0 Å². The van der Waals surface area contributed by atoms with Crippen molar-refractivity contribution in [3.05, 3.63) is 230 Å². The average molecular weight is 843 g/mol. The van der Waals surface area contributed by atoms with Crippen LogP contribution in [0, 0.1) is 0 Å². The Morgan fingerprint density at radius 3 is 1.70 bits per heavy atom. The van der Waals surface area contributed by atoms with Crippen molar-refractivity contribution in [3.8, 4) is 78.4 Å². The third-order valence-corrected chi connectivity index (χ3v) is 13.9. The van der Waals surface area contributed by atoms with E-state index in [1.807, 2.05) is 18.2 Å². The molecule has 2 heterocycles. The smallest absolute Gasteiger partial charge is 0.160 e. The van der Waals surface area contributed by atoms with E-state index in [4.69, 9.17) is 14.4 Å². The molecule has 3 heteroatoms. The van der Waals surface area contributed by atoms with E-state index in [9.17, 15) is 0 Å². The first-order chi connectivity index (χ1) is 32.5. The summed E-state index contributed by atoms with van der Waals surface area (Å²) in [6.45, 7) is 4.73. The van der Waals surface area contributed by atoms with Gasteiger partial charge in [-0.3, -0.25) is 0 Å². The van der Waals surface area contributed by atoms with E-state index < -0.39 is 0 Å². The number of hydrogen-bond donors (Lipinski definition) is 0. The van der Waals surface area contributed by atoms with E-state index in [-0.39, 0.29) is 5.41 Å². The summed E-state index contributed by atoms with van der Waals surface area (Å²) in [7, 11) is 0. The maximum Gasteiger partial charge on any atom is 0.160 e. The Morgan fingerprint density at radius 1 is 0.348 bits per heavy atom. The van der Waals surface area contributed by atoms with Gasteiger partial charge in [0.2, 0.25) is 0 Å². The molecule has 2 aromatic heterocycles. The molecular weight excluding hydrogens is 801 g/mol. The van der Waals surface area contributed by atoms with E-state index >= 15 is 0 Å². The lowest BCUT2D eigenvalue weighted by atomic mass is 9.81. The molecular formula is C63H42N2O. The molecule has 0 atom stereocenters. The summed E-state index contributed by atoms with van der Waals surface area (Å²) in [5.74, 6) is 0.687. The summed E-state index contributed by atoms with van der Waals surface area (Å²) in [4.78, 5) is 10.7. The second-order valence-electron chi connectivity index (χ2n) is 18.0. The molecule has 3 nitrogen and oxygen atoms in total. The van der Waals surface area contributed by atoms with Gasteiger partial charge in [-0.2, -0.15) is 0 Å². The number of rotatable bonds is 6. The van der Waals surface area contributed by atoms with Gasteiger partial charge in [-0.1, -0.05) is 208 Å². The second-order valence-corrected chi connectivity index (χ2v) is 18.0. The molecule has 12 aromatic rings. The Balaban J connectivity index is 0.946. The number of fused-ring (bicyclic) bond motifs is 8. The van der Waals surface area contributed by atoms with Crippen LogP contribution in [0.25, 0.3) is 122 Å². The predicted octanol–water partition coefficient (Wildman–Crippen LogP) is 17.0. The zero-order chi connectivity index (χ0) is 43.9. The summed E-state index contributed by atoms with van der Waals surface area (Å²) in [5.41, 5.74) is 18.7. The Bertz CT molecular complexity index is 3900. The van der Waals surface area contributed by atoms with Crippen molar-refractivity contribution in [1.29, 1.82) is 0 Å². The summed E-state index contributed by atoms with van der Waals surface area (Å²) in [6, 6.07) is 78.4. The minimum atomic E-state index is -0.131. The summed E-state index contributed by atoms with van der Waals surface area (Å²) < 4.78 is 6.42. The number of benzene rings is 10. The predicted molar refractivity (Wildman–Crippen MR) is 275 cm³/mol. The molecule has 0 radical (unpaired) electrons. The molecule has 0 aliphatic heterocycles. The fourth-order valence-electron chi connectivity index (χ4n) is 10.7. The van der Waals surface area contributed by atoms with Gasteiger partial charge >= 0.3 is 0 Å². The Morgan fingerprint density at radius 2 is 0.909 bits per heavy atom. The highest BCUT2D eigenvalue weighted by molar-refractivity contribution is 6.10. The topological polar surface area (TPSA) is 38.9 Å². The van der Waals surface area contributed by atoms with Crippen molar-refractivity contribution in [3.63, 3.8) is 0 Å². The highest BCUT2D eigenvalue weighted by Gasteiger charge is 2.37. The highest BCUT2D eigenvalue weighted by atomic mass is 16.3. The van der Waals surface area contributed by atoms with Gasteiger partial charge in [-0.05, 0) is 95.9 Å². The first-order valence-corrected chi connectivity index (χ1v) is 22.7. The van der Waals surface area contributed by atoms with Crippen molar-refractivity contribution in [2.24, 2.45) is 0 Å². The van der Waals surface area contributed by atoms with Gasteiger partial charge in [-0.15, -0.1) is 0 Å². The summed E-state index contributed by atoms with van der Waals surface area (Å²) in [5, 5.41) is 7.14. The zero-order valence-electron chi connectivity index (χ0n) is 36.6. The minimum Gasteiger partial charge on any atom is -0.455 e. The SMILES string of the molecule is CC1(C)c2cc3ccccc3cc2-c2c(-c3ccc(-c4cc(-c5ccccc5-c5ccc(-c6cccc7c6oc6ccccc67)cc5)nc(-c5ccccc5)n4)c4ccccc34)cccc21. The van der Waals surface area contributed by atoms with Gasteiger partial charge in [-0.25, -0.2) is 9.97 Å². The molecule has 66 heavy (non-hydrogen) atoms. The fraction of sp³-hybridized carbons (Fsp3) is 0.0476. The van der Waals surface area contributed by atoms with Crippen LogP contribution in [0.3, 0.4) is 0 Å². The zero-order valence-corrected chi connectivity index (χ0v) is 36.6. The normalized spacial score (nSPS) is 12.8. The molecule has 0 fully saturated rings. The van der Waals surface area contributed by atoms with Crippen LogP contribution >= 0.6 is 0 Å². The number of aromatic nitrogens is 2. The van der Waals surface area contributed by atoms with Crippen LogP contribution in [0.1, 0.15) is 25.0 Å². The summed E-state index contributed by atoms with van der Waals surface area (Å²) in [6.07, 6.45) is 0. The maximum absolute atomic E-state index is 6.42. The quantitative estimate of drug-likeness (QED) is 0.167. The molecule has 0 saturated heterocycles. The fourth-order valence-corrected chi connectivity index (χ4v) is 10.7. The third-order valence-electron chi connectivity index (χ3n) is 13.9. The first-order valence-electron chi connectivity index (χ1n) is 22.7. The molecule has 0 N–H and O–H groups in total. The minimum absolute atomic E-state index is 0.131. The molecule has 310 valence electrons. The van der Waals surface area contributed by atoms with Gasteiger partial charge in [0, 0.05) is 38.4 Å². The van der Waals surface area contributed by atoms with Gasteiger partial charge in [0.1, 0.15) is 11.2 Å². The van der Waals surface area contributed by atoms with Crippen LogP contribution in [0.2, 0.25) is 0 Å². The number of para-hydroxylation sites is 2. The molecule has 1 aliphatic carbocycles. The van der Waals surface area contributed by atoms with Crippen LogP contribution in [0.5, 0.6) is 0 Å². The number of nitrogens with zero attached hydrogens (tertiary/aromatic N) is 2. The standard InChI is InChI=1S/C63H42N2O/c1-63(2)55-28-15-26-52(60(55)54-36-42-18-6-7-19-43(42)37-56(54)63)48-34-35-50(47-22-10-9-21-46(47)48)58-38-57(64-62(65-58)41-16-4-3-5-17-41)49-23-11-8-20-44(49)39-30-32-40(33-31-39)45-25-14-27-53-51-24-12-13-29-59(51)66-61(45)53/h3-38H,1-2H3. The Kier molecular flexibility index (Phi) is 8.56. The van der Waals surface area contributed by atoms with Crippen LogP contribution in [-0.2, 0) is 5.41 Å². The molecule has 0 unspecified atom stereocenters. The molecule has 13 rings (SSSR count). The first kappa shape index (κ1) is 38.1. The van der Waals surface area contributed by atoms with E-state index in [0.717, 1.165) is 77.7 Å². The van der Waals surface area contributed by atoms with Crippen molar-refractivity contribution in [2.45, 2.75) is 19.3 Å². The van der Waals surface area contributed by atoms with Crippen LogP contribution in [0.15, 0.2) is 223 Å². The van der Waals surface area contributed by atoms with E-state index in [1.54, 1.807) is 0 Å². The van der Waals surface area contributed by atoms with E-state index in [0.29, 0.717) is 5.82 Å². The van der Waals surface area contributed by atoms with Gasteiger partial charge in [0.25, 0.3) is 0 Å². The monoisotopic (exact) mass is 842 g/mol. The lowest BCUT2D eigenvalue weighted by Crippen LogP contribution is -2.14. The molecule has 0 spiro atoms. The molecule has 10 aromatic carbocycles. The van der Waals surface area contributed by atoms with Gasteiger partial charge < -0.3 is 4.42 Å². The van der Waals surface area contributed by atoms with Crippen molar-refractivity contribution >= 4 is 43.5 Å². The van der Waals surface area contributed by atoms with Gasteiger partial charge in [0.05, 0.1) is 11.4 Å². The Labute approximate surface area is 383 Å². The lowest BCUT2D eigenvalue weighted by molar-refractivity contribution is 0.661. The average Bonchev–Trinajstić information content (AvgIpc) is 3.87. The van der Waals surface area contributed by atoms with Crippen molar-refractivity contribution in [1.82, 2.24) is 9.97 Å².